The predicted molar refractivity (Wildman–Crippen MR) is 89.1 cm³/mol. The van der Waals surface area contributed by atoms with Gasteiger partial charge in [0.1, 0.15) is 0 Å². The Morgan fingerprint density at radius 3 is 1.32 bits per heavy atom. The van der Waals surface area contributed by atoms with Gasteiger partial charge in [0.25, 0.3) is 0 Å². The van der Waals surface area contributed by atoms with E-state index in [2.05, 4.69) is 20.8 Å². The summed E-state index contributed by atoms with van der Waals surface area (Å²) in [6.45, 7) is 10.2. The first-order valence-corrected chi connectivity index (χ1v) is 8.89. The largest absolute Gasteiger partial charge is 0.0625 e. The van der Waals surface area contributed by atoms with Gasteiger partial charge < -0.3 is 0 Å². The quantitative estimate of drug-likeness (QED) is 0.276. The third-order valence-corrected chi connectivity index (χ3v) is 4.19. The molecule has 0 amide bonds. The van der Waals surface area contributed by atoms with Crippen molar-refractivity contribution < 1.29 is 0 Å². The van der Waals surface area contributed by atoms with Gasteiger partial charge in [-0.05, 0) is 5.92 Å². The van der Waals surface area contributed by atoms with Gasteiger partial charge in [-0.25, -0.2) is 0 Å². The van der Waals surface area contributed by atoms with E-state index in [1.54, 1.807) is 0 Å². The molecule has 114 valence electrons. The van der Waals surface area contributed by atoms with Crippen molar-refractivity contribution in [2.45, 2.75) is 103 Å². The van der Waals surface area contributed by atoms with Gasteiger partial charge in [-0.1, -0.05) is 117 Å². The fraction of sp³-hybridized carbons (Fsp3) is 0.895. The van der Waals surface area contributed by atoms with Crippen molar-refractivity contribution in [3.63, 3.8) is 0 Å². The summed E-state index contributed by atoms with van der Waals surface area (Å²) in [6.07, 6.45) is 20.8. The van der Waals surface area contributed by atoms with Gasteiger partial charge in [0.05, 0.1) is 0 Å². The lowest BCUT2D eigenvalue weighted by Gasteiger charge is -2.07. The standard InChI is InChI=1S/C19H38/c1-4-6-7-8-9-10-11-12-13-14-15-16-17-18-19(3)5-2/h19H,1-2,4-18H2,3H3. The van der Waals surface area contributed by atoms with Crippen molar-refractivity contribution in [1.82, 2.24) is 0 Å². The highest BCUT2D eigenvalue weighted by atomic mass is 14.0. The summed E-state index contributed by atoms with van der Waals surface area (Å²) in [5, 5.41) is 0. The molecule has 0 spiro atoms. The second-order valence-corrected chi connectivity index (χ2v) is 6.28. The van der Waals surface area contributed by atoms with E-state index in [0.29, 0.717) is 0 Å². The van der Waals surface area contributed by atoms with Gasteiger partial charge in [-0.2, -0.15) is 0 Å². The summed E-state index contributed by atoms with van der Waals surface area (Å²) in [5.41, 5.74) is 0. The van der Waals surface area contributed by atoms with Gasteiger partial charge in [-0.15, -0.1) is 0 Å². The third-order valence-electron chi connectivity index (χ3n) is 4.19. The minimum absolute atomic E-state index is 0.837. The molecule has 19 heavy (non-hydrogen) atoms. The molecule has 1 unspecified atom stereocenters. The van der Waals surface area contributed by atoms with Crippen LogP contribution in [0, 0.1) is 19.8 Å². The maximum Gasteiger partial charge on any atom is -0.0443 e. The van der Waals surface area contributed by atoms with E-state index in [1.165, 1.54) is 83.5 Å². The molecule has 2 radical (unpaired) electrons. The fourth-order valence-corrected chi connectivity index (χ4v) is 2.58. The molecule has 0 bridgehead atoms. The second kappa shape index (κ2) is 16.1. The topological polar surface area (TPSA) is 0 Å². The van der Waals surface area contributed by atoms with Crippen LogP contribution < -0.4 is 0 Å². The smallest absolute Gasteiger partial charge is 0.0443 e. The molecule has 0 aliphatic rings. The summed E-state index contributed by atoms with van der Waals surface area (Å²) in [5.74, 6) is 0.837. The molecular formula is C19H38. The Morgan fingerprint density at radius 2 is 0.947 bits per heavy atom. The van der Waals surface area contributed by atoms with Crippen LogP contribution in [0.25, 0.3) is 0 Å². The first-order valence-electron chi connectivity index (χ1n) is 8.89. The Morgan fingerprint density at radius 1 is 0.579 bits per heavy atom. The van der Waals surface area contributed by atoms with Crippen LogP contribution in [-0.2, 0) is 0 Å². The molecule has 0 aromatic carbocycles. The number of unbranched alkanes of at least 4 members (excludes halogenated alkanes) is 12. The van der Waals surface area contributed by atoms with Crippen LogP contribution in [0.2, 0.25) is 0 Å². The molecule has 0 saturated carbocycles. The third kappa shape index (κ3) is 15.9. The molecule has 1 atom stereocenters. The van der Waals surface area contributed by atoms with E-state index in [4.69, 9.17) is 0 Å². The lowest BCUT2D eigenvalue weighted by atomic mass is 9.99. The highest BCUT2D eigenvalue weighted by Gasteiger charge is 1.98. The molecule has 0 aromatic rings. The Bertz CT molecular complexity index is 150. The Kier molecular flexibility index (Phi) is 16.1. The average Bonchev–Trinajstić information content (AvgIpc) is 2.43. The van der Waals surface area contributed by atoms with Crippen LogP contribution in [0.4, 0.5) is 0 Å². The van der Waals surface area contributed by atoms with Crippen LogP contribution in [0.5, 0.6) is 0 Å². The van der Waals surface area contributed by atoms with Crippen LogP contribution >= 0.6 is 0 Å². The molecule has 0 aliphatic carbocycles. The average molecular weight is 267 g/mol. The SMILES string of the molecule is [CH2]CCCCCCCCCCCCCCC(C)C[CH2]. The zero-order valence-electron chi connectivity index (χ0n) is 13.6. The molecule has 0 aliphatic heterocycles. The maximum atomic E-state index is 3.96. The summed E-state index contributed by atoms with van der Waals surface area (Å²) in [7, 11) is 0. The summed E-state index contributed by atoms with van der Waals surface area (Å²) in [6, 6.07) is 0. The second-order valence-electron chi connectivity index (χ2n) is 6.28. The number of hydrogen-bond acceptors (Lipinski definition) is 0. The van der Waals surface area contributed by atoms with Crippen molar-refractivity contribution >= 4 is 0 Å². The Balaban J connectivity index is 2.95. The van der Waals surface area contributed by atoms with Gasteiger partial charge in [0.2, 0.25) is 0 Å². The lowest BCUT2D eigenvalue weighted by Crippen LogP contribution is -1.91. The highest BCUT2D eigenvalue weighted by molar-refractivity contribution is 4.55. The van der Waals surface area contributed by atoms with E-state index in [0.717, 1.165) is 18.8 Å². The maximum absolute atomic E-state index is 3.96. The summed E-state index contributed by atoms with van der Waals surface area (Å²) in [4.78, 5) is 0. The van der Waals surface area contributed by atoms with Gasteiger partial charge in [0, 0.05) is 0 Å². The molecule has 0 aromatic heterocycles. The zero-order valence-corrected chi connectivity index (χ0v) is 13.6. The molecule has 0 fully saturated rings. The predicted octanol–water partition coefficient (Wildman–Crippen LogP) is 7.14. The minimum Gasteiger partial charge on any atom is -0.0625 e. The molecule has 0 nitrogen and oxygen atoms in total. The van der Waals surface area contributed by atoms with E-state index >= 15 is 0 Å². The van der Waals surface area contributed by atoms with Crippen LogP contribution in [0.15, 0.2) is 0 Å². The summed E-state index contributed by atoms with van der Waals surface area (Å²) < 4.78 is 0. The van der Waals surface area contributed by atoms with Gasteiger partial charge >= 0.3 is 0 Å². The van der Waals surface area contributed by atoms with E-state index in [1.807, 2.05) is 0 Å². The molecular weight excluding hydrogens is 228 g/mol. The van der Waals surface area contributed by atoms with Crippen LogP contribution in [-0.4, -0.2) is 0 Å². The molecule has 0 heterocycles. The van der Waals surface area contributed by atoms with Gasteiger partial charge in [-0.3, -0.25) is 0 Å². The highest BCUT2D eigenvalue weighted by Crippen LogP contribution is 2.15. The molecule has 0 N–H and O–H groups in total. The van der Waals surface area contributed by atoms with Gasteiger partial charge in [0.15, 0.2) is 0 Å². The molecule has 0 saturated heterocycles. The number of rotatable bonds is 15. The monoisotopic (exact) mass is 266 g/mol. The number of hydrogen-bond donors (Lipinski definition) is 0. The lowest BCUT2D eigenvalue weighted by molar-refractivity contribution is 0.481. The Labute approximate surface area is 123 Å². The van der Waals surface area contributed by atoms with Crippen molar-refractivity contribution in [1.29, 1.82) is 0 Å². The Hall–Kier alpha value is 0. The fourth-order valence-electron chi connectivity index (χ4n) is 2.58. The minimum atomic E-state index is 0.837. The van der Waals surface area contributed by atoms with E-state index in [9.17, 15) is 0 Å². The van der Waals surface area contributed by atoms with E-state index in [-0.39, 0.29) is 0 Å². The molecule has 0 rings (SSSR count). The first kappa shape index (κ1) is 19.0. The first-order chi connectivity index (χ1) is 9.31. The van der Waals surface area contributed by atoms with Crippen molar-refractivity contribution in [2.24, 2.45) is 5.92 Å². The van der Waals surface area contributed by atoms with Crippen LogP contribution in [0.1, 0.15) is 103 Å². The molecule has 0 heteroatoms. The normalized spacial score (nSPS) is 12.8. The van der Waals surface area contributed by atoms with E-state index < -0.39 is 0 Å². The zero-order chi connectivity index (χ0) is 14.2. The van der Waals surface area contributed by atoms with Crippen molar-refractivity contribution in [3.05, 3.63) is 13.8 Å². The van der Waals surface area contributed by atoms with Crippen molar-refractivity contribution in [2.75, 3.05) is 0 Å². The summed E-state index contributed by atoms with van der Waals surface area (Å²) >= 11 is 0. The van der Waals surface area contributed by atoms with Crippen LogP contribution in [0.3, 0.4) is 0 Å². The van der Waals surface area contributed by atoms with Crippen molar-refractivity contribution in [3.8, 4) is 0 Å².